The smallest absolute Gasteiger partial charge is 0.230 e. The van der Waals surface area contributed by atoms with Crippen LogP contribution in [0.1, 0.15) is 5.69 Å². The summed E-state index contributed by atoms with van der Waals surface area (Å²) < 4.78 is 7.50. The molecule has 2 bridgehead atoms. The number of nitrogens with zero attached hydrogens (tertiary/aromatic N) is 3. The number of amides is 1. The fourth-order valence-corrected chi connectivity index (χ4v) is 2.97. The maximum Gasteiger partial charge on any atom is 0.230 e. The first-order valence-corrected chi connectivity index (χ1v) is 7.06. The zero-order chi connectivity index (χ0) is 15.0. The van der Waals surface area contributed by atoms with Gasteiger partial charge in [0.05, 0.1) is 43.3 Å². The van der Waals surface area contributed by atoms with Crippen LogP contribution < -0.4 is 5.73 Å². The van der Waals surface area contributed by atoms with E-state index in [-0.39, 0.29) is 68.0 Å². The van der Waals surface area contributed by atoms with Gasteiger partial charge in [0, 0.05) is 25.8 Å². The number of carbonyl (C=O) groups excluding carboxylic acids is 1. The zero-order valence-corrected chi connectivity index (χ0v) is 14.4. The summed E-state index contributed by atoms with van der Waals surface area (Å²) in [7, 11) is 1.87. The van der Waals surface area contributed by atoms with E-state index in [9.17, 15) is 9.90 Å². The molecule has 0 radical (unpaired) electrons. The molecule has 2 aliphatic heterocycles. The summed E-state index contributed by atoms with van der Waals surface area (Å²) in [5.74, 6) is -0.450. The zero-order valence-electron chi connectivity index (χ0n) is 12.7. The molecule has 0 saturated carbocycles. The van der Waals surface area contributed by atoms with Crippen LogP contribution in [0.3, 0.4) is 0 Å². The maximum absolute atomic E-state index is 12.8. The number of ether oxygens (including phenoxy) is 1. The van der Waals surface area contributed by atoms with Crippen molar-refractivity contribution in [2.75, 3.05) is 13.2 Å². The summed E-state index contributed by atoms with van der Waals surface area (Å²) in [6.45, 7) is 0.588. The normalized spacial score (nSPS) is 27.4. The predicted molar refractivity (Wildman–Crippen MR) is 89.5 cm³/mol. The van der Waals surface area contributed by atoms with Gasteiger partial charge < -0.3 is 25.0 Å². The quantitative estimate of drug-likeness (QED) is 0.709. The van der Waals surface area contributed by atoms with Crippen molar-refractivity contribution in [3.05, 3.63) is 30.4 Å². The molecule has 0 unspecified atom stereocenters. The van der Waals surface area contributed by atoms with E-state index in [2.05, 4.69) is 4.98 Å². The number of halogens is 2. The number of aromatic nitrogens is 2. The molecular weight excluding hydrogens is 343 g/mol. The lowest BCUT2D eigenvalue weighted by atomic mass is 9.88. The SMILES string of the molecule is Cl.Cl.Cn1cncc1CN(CCO)C(=O)[C@H]1[C@@H](N)[C@@H]2C=C[C@H]1O2. The summed E-state index contributed by atoms with van der Waals surface area (Å²) in [5, 5.41) is 9.23. The van der Waals surface area contributed by atoms with Crippen molar-refractivity contribution in [2.45, 2.75) is 24.8 Å². The molecular formula is C14H22Cl2N4O3. The third-order valence-electron chi connectivity index (χ3n) is 4.19. The van der Waals surface area contributed by atoms with Crippen LogP contribution in [-0.4, -0.2) is 56.9 Å². The second-order valence-corrected chi connectivity index (χ2v) is 5.53. The van der Waals surface area contributed by atoms with E-state index in [0.29, 0.717) is 6.54 Å². The van der Waals surface area contributed by atoms with Crippen LogP contribution in [0.15, 0.2) is 24.7 Å². The lowest BCUT2D eigenvalue weighted by Crippen LogP contribution is -2.48. The summed E-state index contributed by atoms with van der Waals surface area (Å²) in [4.78, 5) is 18.4. The van der Waals surface area contributed by atoms with E-state index in [4.69, 9.17) is 10.5 Å². The van der Waals surface area contributed by atoms with Crippen molar-refractivity contribution < 1.29 is 14.6 Å². The number of imidazole rings is 1. The van der Waals surface area contributed by atoms with Gasteiger partial charge in [0.2, 0.25) is 5.91 Å². The highest BCUT2D eigenvalue weighted by molar-refractivity contribution is 5.85. The van der Waals surface area contributed by atoms with Gasteiger partial charge >= 0.3 is 0 Å². The van der Waals surface area contributed by atoms with Gasteiger partial charge in [-0.2, -0.15) is 0 Å². The van der Waals surface area contributed by atoms with Gasteiger partial charge in [-0.25, -0.2) is 4.98 Å². The van der Waals surface area contributed by atoms with Crippen LogP contribution in [0, 0.1) is 5.92 Å². The Morgan fingerprint density at radius 1 is 1.43 bits per heavy atom. The van der Waals surface area contributed by atoms with E-state index in [1.165, 1.54) is 0 Å². The molecule has 130 valence electrons. The average Bonchev–Trinajstić information content (AvgIpc) is 3.15. The third kappa shape index (κ3) is 3.70. The molecule has 0 aliphatic carbocycles. The van der Waals surface area contributed by atoms with Crippen LogP contribution in [0.2, 0.25) is 0 Å². The van der Waals surface area contributed by atoms with Crippen molar-refractivity contribution >= 4 is 30.7 Å². The summed E-state index contributed by atoms with van der Waals surface area (Å²) in [6.07, 6.45) is 6.80. The molecule has 9 heteroatoms. The number of hydrogen-bond acceptors (Lipinski definition) is 5. The fraction of sp³-hybridized carbons (Fsp3) is 0.571. The maximum atomic E-state index is 12.8. The first-order chi connectivity index (χ1) is 10.1. The molecule has 23 heavy (non-hydrogen) atoms. The van der Waals surface area contributed by atoms with Crippen LogP contribution in [0.5, 0.6) is 0 Å². The van der Waals surface area contributed by atoms with Crippen LogP contribution in [-0.2, 0) is 23.1 Å². The van der Waals surface area contributed by atoms with E-state index >= 15 is 0 Å². The number of hydrogen-bond donors (Lipinski definition) is 2. The monoisotopic (exact) mass is 364 g/mol. The van der Waals surface area contributed by atoms with E-state index < -0.39 is 0 Å². The van der Waals surface area contributed by atoms with Crippen molar-refractivity contribution in [3.63, 3.8) is 0 Å². The second-order valence-electron chi connectivity index (χ2n) is 5.53. The Bertz CT molecular complexity index is 566. The van der Waals surface area contributed by atoms with E-state index in [1.54, 1.807) is 17.4 Å². The van der Waals surface area contributed by atoms with Crippen LogP contribution >= 0.6 is 24.8 Å². The standard InChI is InChI=1S/C14H20N4O3.2ClH/c1-17-8-16-6-9(17)7-18(4-5-19)14(20)12-10-2-3-11(21-10)13(12)15;;/h2-3,6,8,10-13,19H,4-5,7,15H2,1H3;2*1H/t10-,11+,12-,13+;;/m1../s1. The molecule has 1 fully saturated rings. The molecule has 3 N–H and O–H groups in total. The van der Waals surface area contributed by atoms with Gasteiger partial charge in [-0.3, -0.25) is 4.79 Å². The summed E-state index contributed by atoms with van der Waals surface area (Å²) in [6, 6.07) is -0.319. The molecule has 3 heterocycles. The lowest BCUT2D eigenvalue weighted by Gasteiger charge is -2.29. The highest BCUT2D eigenvalue weighted by Gasteiger charge is 2.48. The number of aryl methyl sites for hydroxylation is 1. The predicted octanol–water partition coefficient (Wildman–Crippen LogP) is -0.135. The van der Waals surface area contributed by atoms with Crippen LogP contribution in [0.4, 0.5) is 0 Å². The van der Waals surface area contributed by atoms with Crippen molar-refractivity contribution in [1.82, 2.24) is 14.5 Å². The van der Waals surface area contributed by atoms with Crippen molar-refractivity contribution in [1.29, 1.82) is 0 Å². The van der Waals surface area contributed by atoms with Crippen molar-refractivity contribution in [2.24, 2.45) is 18.7 Å². The Morgan fingerprint density at radius 2 is 2.13 bits per heavy atom. The van der Waals surface area contributed by atoms with Gasteiger partial charge in [0.15, 0.2) is 0 Å². The molecule has 1 aromatic rings. The minimum Gasteiger partial charge on any atom is -0.395 e. The summed E-state index contributed by atoms with van der Waals surface area (Å²) in [5.41, 5.74) is 7.01. The topological polar surface area (TPSA) is 93.6 Å². The molecule has 0 spiro atoms. The molecule has 2 aliphatic rings. The number of carbonyl (C=O) groups is 1. The molecule has 1 saturated heterocycles. The van der Waals surface area contributed by atoms with Gasteiger partial charge in [-0.05, 0) is 0 Å². The fourth-order valence-electron chi connectivity index (χ4n) is 2.97. The Balaban J connectivity index is 0.00000132. The number of aliphatic hydroxyl groups is 1. The van der Waals surface area contributed by atoms with Gasteiger partial charge in [0.25, 0.3) is 0 Å². The minimum absolute atomic E-state index is 0. The van der Waals surface area contributed by atoms with E-state index in [0.717, 1.165) is 5.69 Å². The van der Waals surface area contributed by atoms with Gasteiger partial charge in [-0.1, -0.05) is 12.2 Å². The number of nitrogens with two attached hydrogens (primary N) is 1. The minimum atomic E-state index is -0.375. The second kappa shape index (κ2) is 8.12. The molecule has 1 amide bonds. The Labute approximate surface area is 147 Å². The largest absolute Gasteiger partial charge is 0.395 e. The lowest BCUT2D eigenvalue weighted by molar-refractivity contribution is -0.138. The highest BCUT2D eigenvalue weighted by atomic mass is 35.5. The van der Waals surface area contributed by atoms with Gasteiger partial charge in [0.1, 0.15) is 0 Å². The molecule has 0 aromatic carbocycles. The van der Waals surface area contributed by atoms with Crippen molar-refractivity contribution in [3.8, 4) is 0 Å². The Morgan fingerprint density at radius 3 is 2.65 bits per heavy atom. The highest BCUT2D eigenvalue weighted by Crippen LogP contribution is 2.34. The van der Waals surface area contributed by atoms with Gasteiger partial charge in [-0.15, -0.1) is 24.8 Å². The van der Waals surface area contributed by atoms with Crippen LogP contribution in [0.25, 0.3) is 0 Å². The number of rotatable bonds is 5. The van der Waals surface area contributed by atoms with E-state index in [1.807, 2.05) is 23.8 Å². The summed E-state index contributed by atoms with van der Waals surface area (Å²) >= 11 is 0. The first-order valence-electron chi connectivity index (χ1n) is 7.06. The third-order valence-corrected chi connectivity index (χ3v) is 4.19. The molecule has 4 atom stereocenters. The molecule has 7 nitrogen and oxygen atoms in total. The molecule has 3 rings (SSSR count). The number of aliphatic hydroxyl groups excluding tert-OH is 1. The Kier molecular flexibility index (Phi) is 7.03. The number of fused-ring (bicyclic) bond motifs is 2. The molecule has 1 aromatic heterocycles. The average molecular weight is 365 g/mol. The first kappa shape index (κ1) is 19.9. The Hall–Kier alpha value is -1.12.